The van der Waals surface area contributed by atoms with Gasteiger partial charge in [0, 0.05) is 23.9 Å². The van der Waals surface area contributed by atoms with Crippen LogP contribution in [0.25, 0.3) is 0 Å². The summed E-state index contributed by atoms with van der Waals surface area (Å²) >= 11 is 7.64. The molecule has 2 heterocycles. The van der Waals surface area contributed by atoms with Crippen LogP contribution in [-0.2, 0) is 22.6 Å². The van der Waals surface area contributed by atoms with Crippen molar-refractivity contribution < 1.29 is 9.53 Å². The molecule has 2 aromatic rings. The number of thioether (sulfide) groups is 1. The summed E-state index contributed by atoms with van der Waals surface area (Å²) in [5.74, 6) is -0.0260. The van der Waals surface area contributed by atoms with Crippen LogP contribution in [0.1, 0.15) is 36.7 Å². The van der Waals surface area contributed by atoms with Gasteiger partial charge in [0.2, 0.25) is 5.91 Å². The Bertz CT molecular complexity index is 803. The number of imidazole rings is 1. The van der Waals surface area contributed by atoms with Gasteiger partial charge in [0.25, 0.3) is 0 Å². The van der Waals surface area contributed by atoms with Crippen molar-refractivity contribution >= 4 is 29.3 Å². The number of benzene rings is 1. The molecule has 0 spiro atoms. The van der Waals surface area contributed by atoms with Gasteiger partial charge in [-0.3, -0.25) is 4.79 Å². The Morgan fingerprint density at radius 2 is 2.22 bits per heavy atom. The van der Waals surface area contributed by atoms with Gasteiger partial charge in [-0.15, -0.1) is 0 Å². The van der Waals surface area contributed by atoms with Crippen molar-refractivity contribution in [1.29, 1.82) is 0 Å². The number of carbonyl (C=O) groups excluding carboxylic acids is 1. The first-order valence-corrected chi connectivity index (χ1v) is 10.5. The van der Waals surface area contributed by atoms with Gasteiger partial charge >= 0.3 is 0 Å². The van der Waals surface area contributed by atoms with Crippen LogP contribution in [-0.4, -0.2) is 33.4 Å². The third-order valence-electron chi connectivity index (χ3n) is 4.90. The van der Waals surface area contributed by atoms with Crippen LogP contribution in [0.15, 0.2) is 29.4 Å². The van der Waals surface area contributed by atoms with E-state index in [9.17, 15) is 4.79 Å². The van der Waals surface area contributed by atoms with E-state index in [0.29, 0.717) is 11.6 Å². The topological polar surface area (TPSA) is 56.2 Å². The van der Waals surface area contributed by atoms with E-state index in [1.807, 2.05) is 38.1 Å². The highest BCUT2D eigenvalue weighted by Crippen LogP contribution is 2.27. The van der Waals surface area contributed by atoms with Gasteiger partial charge in [-0.25, -0.2) is 4.98 Å². The zero-order valence-corrected chi connectivity index (χ0v) is 17.6. The lowest BCUT2D eigenvalue weighted by atomic mass is 10.2. The molecule has 146 valence electrons. The molecule has 0 radical (unpaired) electrons. The first-order valence-electron chi connectivity index (χ1n) is 9.28. The lowest BCUT2D eigenvalue weighted by Gasteiger charge is -2.17. The second-order valence-electron chi connectivity index (χ2n) is 6.88. The molecule has 1 N–H and O–H groups in total. The Morgan fingerprint density at radius 1 is 1.44 bits per heavy atom. The molecule has 5 nitrogen and oxygen atoms in total. The molecule has 0 saturated carbocycles. The molecule has 1 aromatic carbocycles. The minimum atomic E-state index is -0.253. The van der Waals surface area contributed by atoms with E-state index in [1.165, 1.54) is 11.8 Å². The molecule has 1 aliphatic heterocycles. The maximum absolute atomic E-state index is 12.5. The Kier molecular flexibility index (Phi) is 6.84. The summed E-state index contributed by atoms with van der Waals surface area (Å²) in [6.45, 7) is 8.04. The number of nitrogens with one attached hydrogen (secondary N) is 1. The molecular weight excluding hydrogens is 382 g/mol. The van der Waals surface area contributed by atoms with Crippen LogP contribution in [0.5, 0.6) is 0 Å². The molecule has 1 saturated heterocycles. The van der Waals surface area contributed by atoms with Crippen molar-refractivity contribution in [3.63, 3.8) is 0 Å². The van der Waals surface area contributed by atoms with Crippen LogP contribution in [0.2, 0.25) is 5.02 Å². The maximum atomic E-state index is 12.5. The van der Waals surface area contributed by atoms with E-state index in [-0.39, 0.29) is 17.3 Å². The molecule has 0 aliphatic carbocycles. The number of ether oxygens (including phenoxy) is 1. The number of amides is 1. The van der Waals surface area contributed by atoms with Crippen LogP contribution in [0, 0.1) is 13.8 Å². The average Bonchev–Trinajstić information content (AvgIpc) is 3.25. The first-order chi connectivity index (χ1) is 13.0. The first kappa shape index (κ1) is 20.2. The highest BCUT2D eigenvalue weighted by atomic mass is 35.5. The minimum absolute atomic E-state index is 0.0260. The Balaban J connectivity index is 1.62. The normalized spacial score (nSPS) is 17.9. The van der Waals surface area contributed by atoms with Gasteiger partial charge in [0.05, 0.1) is 23.6 Å². The summed E-state index contributed by atoms with van der Waals surface area (Å²) in [6.07, 6.45) is 2.43. The largest absolute Gasteiger partial charge is 0.376 e. The fourth-order valence-electron chi connectivity index (χ4n) is 3.10. The van der Waals surface area contributed by atoms with Crippen LogP contribution in [0.4, 0.5) is 0 Å². The zero-order chi connectivity index (χ0) is 19.4. The van der Waals surface area contributed by atoms with E-state index in [0.717, 1.165) is 48.1 Å². The number of rotatable bonds is 7. The number of carbonyl (C=O) groups is 1. The quantitative estimate of drug-likeness (QED) is 0.701. The predicted octanol–water partition coefficient (Wildman–Crippen LogP) is 4.13. The van der Waals surface area contributed by atoms with Crippen molar-refractivity contribution in [2.45, 2.75) is 63.2 Å². The Morgan fingerprint density at radius 3 is 2.93 bits per heavy atom. The molecular formula is C20H26ClN3O2S. The van der Waals surface area contributed by atoms with E-state index >= 15 is 0 Å². The molecule has 0 bridgehead atoms. The maximum Gasteiger partial charge on any atom is 0.233 e. The molecule has 1 aliphatic rings. The standard InChI is InChI=1S/C20H26ClN3O2S/c1-13-14(2)24(12-17-8-6-10-26-17)20(23-13)27-15(3)19(25)22-11-16-7-4-5-9-18(16)21/h4-5,7,9,15,17H,6,8,10-12H2,1-3H3,(H,22,25). The van der Waals surface area contributed by atoms with Gasteiger partial charge in [-0.05, 0) is 45.2 Å². The molecule has 1 fully saturated rings. The van der Waals surface area contributed by atoms with Gasteiger partial charge < -0.3 is 14.6 Å². The van der Waals surface area contributed by atoms with Gasteiger partial charge in [-0.2, -0.15) is 0 Å². The molecule has 7 heteroatoms. The monoisotopic (exact) mass is 407 g/mol. The number of nitrogens with zero attached hydrogens (tertiary/aromatic N) is 2. The number of aromatic nitrogens is 2. The highest BCUT2D eigenvalue weighted by molar-refractivity contribution is 8.00. The average molecular weight is 408 g/mol. The summed E-state index contributed by atoms with van der Waals surface area (Å²) in [6, 6.07) is 7.54. The Hall–Kier alpha value is -1.50. The lowest BCUT2D eigenvalue weighted by Crippen LogP contribution is -2.31. The Labute approximate surface area is 169 Å². The molecule has 1 aromatic heterocycles. The summed E-state index contributed by atoms with van der Waals surface area (Å²) < 4.78 is 7.97. The van der Waals surface area contributed by atoms with Crippen LogP contribution >= 0.6 is 23.4 Å². The molecule has 2 atom stereocenters. The fourth-order valence-corrected chi connectivity index (χ4v) is 4.34. The summed E-state index contributed by atoms with van der Waals surface area (Å²) in [5.41, 5.74) is 3.05. The molecule has 3 rings (SSSR count). The number of hydrogen-bond donors (Lipinski definition) is 1. The van der Waals surface area contributed by atoms with Crippen molar-refractivity contribution in [3.8, 4) is 0 Å². The van der Waals surface area contributed by atoms with E-state index < -0.39 is 0 Å². The molecule has 27 heavy (non-hydrogen) atoms. The number of aryl methyl sites for hydroxylation is 1. The zero-order valence-electron chi connectivity index (χ0n) is 16.0. The van der Waals surface area contributed by atoms with Gasteiger partial charge in [0.15, 0.2) is 5.16 Å². The number of hydrogen-bond acceptors (Lipinski definition) is 4. The number of halogens is 1. The van der Waals surface area contributed by atoms with Crippen LogP contribution in [0.3, 0.4) is 0 Å². The minimum Gasteiger partial charge on any atom is -0.376 e. The van der Waals surface area contributed by atoms with E-state index in [4.69, 9.17) is 16.3 Å². The second-order valence-corrected chi connectivity index (χ2v) is 8.60. The van der Waals surface area contributed by atoms with E-state index in [1.54, 1.807) is 0 Å². The van der Waals surface area contributed by atoms with Crippen LogP contribution < -0.4 is 5.32 Å². The summed E-state index contributed by atoms with van der Waals surface area (Å²) in [7, 11) is 0. The van der Waals surface area contributed by atoms with Gasteiger partial charge in [0.1, 0.15) is 0 Å². The van der Waals surface area contributed by atoms with Crippen molar-refractivity contribution in [1.82, 2.24) is 14.9 Å². The smallest absolute Gasteiger partial charge is 0.233 e. The summed E-state index contributed by atoms with van der Waals surface area (Å²) in [5, 5.41) is 4.25. The van der Waals surface area contributed by atoms with Crippen molar-refractivity contribution in [2.75, 3.05) is 6.61 Å². The van der Waals surface area contributed by atoms with E-state index in [2.05, 4.69) is 21.8 Å². The summed E-state index contributed by atoms with van der Waals surface area (Å²) in [4.78, 5) is 17.2. The third-order valence-corrected chi connectivity index (χ3v) is 6.35. The molecule has 2 unspecified atom stereocenters. The van der Waals surface area contributed by atoms with Gasteiger partial charge in [-0.1, -0.05) is 41.6 Å². The predicted molar refractivity (Wildman–Crippen MR) is 109 cm³/mol. The lowest BCUT2D eigenvalue weighted by molar-refractivity contribution is -0.120. The SMILES string of the molecule is Cc1nc(SC(C)C(=O)NCc2ccccc2Cl)n(CC2CCCO2)c1C. The van der Waals surface area contributed by atoms with Crippen molar-refractivity contribution in [2.24, 2.45) is 0 Å². The fraction of sp³-hybridized carbons (Fsp3) is 0.500. The second kappa shape index (κ2) is 9.13. The molecule has 1 amide bonds. The highest BCUT2D eigenvalue weighted by Gasteiger charge is 2.23. The van der Waals surface area contributed by atoms with Crippen molar-refractivity contribution in [3.05, 3.63) is 46.2 Å². The third kappa shape index (κ3) is 5.06.